The van der Waals surface area contributed by atoms with Crippen LogP contribution >= 0.6 is 0 Å². The first-order valence-electron chi connectivity index (χ1n) is 11.1. The van der Waals surface area contributed by atoms with Crippen LogP contribution in [0.1, 0.15) is 68.9 Å². The molecular weight excluding hydrogens is 396 g/mol. The number of piperidine rings is 1. The number of carbonyl (C=O) groups excluding carboxylic acids is 3. The summed E-state index contributed by atoms with van der Waals surface area (Å²) in [4.78, 5) is 46.5. The molecule has 2 saturated heterocycles. The molecule has 3 heterocycles. The normalized spacial score (nSPS) is 23.4. The fourth-order valence-electron chi connectivity index (χ4n) is 4.60. The zero-order valence-electron chi connectivity index (χ0n) is 18.8. The van der Waals surface area contributed by atoms with Crippen molar-refractivity contribution >= 4 is 23.6 Å². The van der Waals surface area contributed by atoms with Gasteiger partial charge >= 0.3 is 6.09 Å². The van der Waals surface area contributed by atoms with Gasteiger partial charge in [0, 0.05) is 44.8 Å². The van der Waals surface area contributed by atoms with Crippen molar-refractivity contribution in [3.05, 3.63) is 29.3 Å². The second-order valence-electron chi connectivity index (χ2n) is 9.85. The van der Waals surface area contributed by atoms with E-state index < -0.39 is 6.09 Å². The Kier molecular flexibility index (Phi) is 5.58. The zero-order valence-corrected chi connectivity index (χ0v) is 18.8. The van der Waals surface area contributed by atoms with Gasteiger partial charge in [-0.2, -0.15) is 5.06 Å². The smallest absolute Gasteiger partial charge is 0.381 e. The topological polar surface area (TPSA) is 82.2 Å². The van der Waals surface area contributed by atoms with Gasteiger partial charge in [-0.15, -0.1) is 0 Å². The van der Waals surface area contributed by atoms with Crippen LogP contribution in [-0.4, -0.2) is 65.0 Å². The first kappa shape index (κ1) is 21.5. The molecule has 0 saturated carbocycles. The molecule has 0 radical (unpaired) electrons. The fourth-order valence-corrected chi connectivity index (χ4v) is 4.60. The maximum Gasteiger partial charge on any atom is 0.434 e. The van der Waals surface area contributed by atoms with E-state index in [1.165, 1.54) is 5.06 Å². The molecule has 0 spiro atoms. The highest BCUT2D eigenvalue weighted by molar-refractivity contribution is 6.00. The molecule has 0 bridgehead atoms. The third kappa shape index (κ3) is 4.20. The van der Waals surface area contributed by atoms with Crippen LogP contribution < -0.4 is 5.32 Å². The lowest BCUT2D eigenvalue weighted by Crippen LogP contribution is -2.47. The number of benzene rings is 1. The average Bonchev–Trinajstić information content (AvgIpc) is 2.92. The minimum atomic E-state index is -0.466. The highest BCUT2D eigenvalue weighted by Gasteiger charge is 2.46. The van der Waals surface area contributed by atoms with E-state index in [0.29, 0.717) is 25.2 Å². The summed E-state index contributed by atoms with van der Waals surface area (Å²) in [6.07, 6.45) is 2.42. The van der Waals surface area contributed by atoms with Crippen molar-refractivity contribution in [2.24, 2.45) is 5.41 Å². The van der Waals surface area contributed by atoms with Crippen LogP contribution in [-0.2, 0) is 9.63 Å². The molecule has 0 aliphatic carbocycles. The Morgan fingerprint density at radius 2 is 1.81 bits per heavy atom. The van der Waals surface area contributed by atoms with Crippen molar-refractivity contribution in [2.45, 2.75) is 59.0 Å². The van der Waals surface area contributed by atoms with Crippen molar-refractivity contribution in [3.63, 3.8) is 0 Å². The number of hydroxylamine groups is 2. The Morgan fingerprint density at radius 3 is 2.42 bits per heavy atom. The third-order valence-corrected chi connectivity index (χ3v) is 6.36. The van der Waals surface area contributed by atoms with Crippen LogP contribution in [0.2, 0.25) is 0 Å². The van der Waals surface area contributed by atoms with Crippen molar-refractivity contribution in [2.75, 3.05) is 31.5 Å². The number of carbonyl (C=O) groups is 3. The predicted molar refractivity (Wildman–Crippen MR) is 116 cm³/mol. The maximum absolute atomic E-state index is 13.3. The number of hydrogen-bond donors (Lipinski definition) is 1. The molecule has 4 rings (SSSR count). The molecule has 2 unspecified atom stereocenters. The van der Waals surface area contributed by atoms with E-state index in [2.05, 4.69) is 5.32 Å². The van der Waals surface area contributed by atoms with Crippen LogP contribution in [0.15, 0.2) is 18.2 Å². The maximum atomic E-state index is 13.3. The van der Waals surface area contributed by atoms with Gasteiger partial charge in [0.05, 0.1) is 5.56 Å². The van der Waals surface area contributed by atoms with Gasteiger partial charge in [-0.05, 0) is 42.4 Å². The summed E-state index contributed by atoms with van der Waals surface area (Å²) in [6, 6.07) is 5.57. The first-order valence-corrected chi connectivity index (χ1v) is 11.1. The van der Waals surface area contributed by atoms with Crippen molar-refractivity contribution in [3.8, 4) is 0 Å². The molecule has 8 nitrogen and oxygen atoms in total. The van der Waals surface area contributed by atoms with Crippen LogP contribution in [0.5, 0.6) is 0 Å². The average molecular weight is 429 g/mol. The van der Waals surface area contributed by atoms with E-state index in [9.17, 15) is 14.4 Å². The standard InChI is InChI=1S/C23H32N4O4/c1-15(28)26-10-5-7-17(14-26)24-16-8-9-18-19(13-16)21(29)27(20(18)23(2,3)4)31-22(30)25-11-6-12-25/h8-9,13,17,20,24H,5-7,10-12,14H2,1-4H3. The summed E-state index contributed by atoms with van der Waals surface area (Å²) in [7, 11) is 0. The molecule has 0 aromatic heterocycles. The highest BCUT2D eigenvalue weighted by Crippen LogP contribution is 2.46. The van der Waals surface area contributed by atoms with Gasteiger partial charge in [-0.25, -0.2) is 4.79 Å². The van der Waals surface area contributed by atoms with E-state index in [1.54, 1.807) is 11.8 Å². The van der Waals surface area contributed by atoms with E-state index >= 15 is 0 Å². The molecule has 8 heteroatoms. The highest BCUT2D eigenvalue weighted by atomic mass is 16.7. The van der Waals surface area contributed by atoms with E-state index in [0.717, 1.165) is 37.1 Å². The predicted octanol–water partition coefficient (Wildman–Crippen LogP) is 3.41. The fraction of sp³-hybridized carbons (Fsp3) is 0.609. The van der Waals surface area contributed by atoms with Gasteiger partial charge in [0.2, 0.25) is 5.91 Å². The number of fused-ring (bicyclic) bond motifs is 1. The summed E-state index contributed by atoms with van der Waals surface area (Å²) in [5.41, 5.74) is 1.95. The Bertz CT molecular complexity index is 890. The Morgan fingerprint density at radius 1 is 1.10 bits per heavy atom. The lowest BCUT2D eigenvalue weighted by Gasteiger charge is -2.36. The molecule has 1 aromatic rings. The summed E-state index contributed by atoms with van der Waals surface area (Å²) < 4.78 is 0. The Balaban J connectivity index is 1.55. The number of nitrogens with one attached hydrogen (secondary N) is 1. The molecule has 2 atom stereocenters. The van der Waals surface area contributed by atoms with Gasteiger partial charge in [-0.3, -0.25) is 9.59 Å². The second-order valence-corrected chi connectivity index (χ2v) is 9.85. The van der Waals surface area contributed by atoms with Gasteiger partial charge in [0.15, 0.2) is 0 Å². The number of amides is 3. The molecule has 2 fully saturated rings. The Hall–Kier alpha value is -2.77. The largest absolute Gasteiger partial charge is 0.434 e. The van der Waals surface area contributed by atoms with Crippen LogP contribution in [0, 0.1) is 5.41 Å². The van der Waals surface area contributed by atoms with Gasteiger partial charge < -0.3 is 20.0 Å². The minimum Gasteiger partial charge on any atom is -0.381 e. The summed E-state index contributed by atoms with van der Waals surface area (Å²) in [6.45, 7) is 10.5. The van der Waals surface area contributed by atoms with Crippen molar-refractivity contribution < 1.29 is 19.2 Å². The molecule has 3 aliphatic rings. The summed E-state index contributed by atoms with van der Waals surface area (Å²) >= 11 is 0. The number of nitrogens with zero attached hydrogens (tertiary/aromatic N) is 3. The first-order chi connectivity index (χ1) is 14.6. The SMILES string of the molecule is CC(=O)N1CCCC(Nc2ccc3c(c2)C(=O)N(OC(=O)N2CCC2)C3C(C)(C)C)C1. The van der Waals surface area contributed by atoms with Crippen molar-refractivity contribution in [1.82, 2.24) is 14.9 Å². The number of likely N-dealkylation sites (tertiary alicyclic amines) is 2. The molecule has 3 amide bonds. The van der Waals surface area contributed by atoms with Crippen molar-refractivity contribution in [1.29, 1.82) is 0 Å². The van der Waals surface area contributed by atoms with E-state index in [-0.39, 0.29) is 29.3 Å². The van der Waals surface area contributed by atoms with Crippen LogP contribution in [0.4, 0.5) is 10.5 Å². The molecule has 3 aliphatic heterocycles. The molecular formula is C23H32N4O4. The van der Waals surface area contributed by atoms with Crippen LogP contribution in [0.25, 0.3) is 0 Å². The lowest BCUT2D eigenvalue weighted by atomic mass is 9.83. The van der Waals surface area contributed by atoms with E-state index in [4.69, 9.17) is 4.84 Å². The Labute approximate surface area is 183 Å². The monoisotopic (exact) mass is 428 g/mol. The second kappa shape index (κ2) is 8.05. The number of rotatable bonds is 3. The number of anilines is 1. The molecule has 1 aromatic carbocycles. The van der Waals surface area contributed by atoms with Gasteiger partial charge in [0.25, 0.3) is 5.91 Å². The molecule has 1 N–H and O–H groups in total. The van der Waals surface area contributed by atoms with Crippen LogP contribution in [0.3, 0.4) is 0 Å². The summed E-state index contributed by atoms with van der Waals surface area (Å²) in [5.74, 6) is -0.204. The minimum absolute atomic E-state index is 0.0864. The summed E-state index contributed by atoms with van der Waals surface area (Å²) in [5, 5.41) is 4.74. The zero-order chi connectivity index (χ0) is 22.3. The van der Waals surface area contributed by atoms with Gasteiger partial charge in [0.1, 0.15) is 6.04 Å². The lowest BCUT2D eigenvalue weighted by molar-refractivity contribution is -0.129. The third-order valence-electron chi connectivity index (χ3n) is 6.36. The quantitative estimate of drug-likeness (QED) is 0.798. The van der Waals surface area contributed by atoms with E-state index in [1.807, 2.05) is 43.9 Å². The number of hydrogen-bond acceptors (Lipinski definition) is 5. The molecule has 168 valence electrons. The molecule has 31 heavy (non-hydrogen) atoms. The van der Waals surface area contributed by atoms with Gasteiger partial charge in [-0.1, -0.05) is 26.8 Å².